The van der Waals surface area contributed by atoms with Gasteiger partial charge in [0.1, 0.15) is 17.8 Å². The average Bonchev–Trinajstić information content (AvgIpc) is 2.88. The van der Waals surface area contributed by atoms with E-state index in [1.54, 1.807) is 24.3 Å². The Morgan fingerprint density at radius 3 is 2.17 bits per heavy atom. The van der Waals surface area contributed by atoms with E-state index in [1.165, 1.54) is 17.0 Å². The van der Waals surface area contributed by atoms with Crippen molar-refractivity contribution in [3.63, 3.8) is 0 Å². The summed E-state index contributed by atoms with van der Waals surface area (Å²) in [4.78, 5) is 40.3. The largest absolute Gasteiger partial charge is 0.508 e. The van der Waals surface area contributed by atoms with E-state index in [1.807, 2.05) is 42.5 Å². The first-order valence-electron chi connectivity index (χ1n) is 11.8. The normalized spacial score (nSPS) is 16.5. The van der Waals surface area contributed by atoms with Crippen LogP contribution in [0.5, 0.6) is 5.75 Å². The minimum atomic E-state index is -1.15. The molecule has 0 aliphatic carbocycles. The van der Waals surface area contributed by atoms with Crippen LogP contribution in [0.25, 0.3) is 0 Å². The topological polar surface area (TPSA) is 133 Å². The molecule has 3 aromatic carbocycles. The van der Waals surface area contributed by atoms with Crippen LogP contribution in [0.1, 0.15) is 22.3 Å². The van der Waals surface area contributed by atoms with Gasteiger partial charge < -0.3 is 26.2 Å². The molecule has 0 saturated heterocycles. The van der Waals surface area contributed by atoms with Crippen LogP contribution in [0.3, 0.4) is 0 Å². The highest BCUT2D eigenvalue weighted by atomic mass is 16.4. The second-order valence-corrected chi connectivity index (χ2v) is 9.02. The lowest BCUT2D eigenvalue weighted by Gasteiger charge is -2.37. The van der Waals surface area contributed by atoms with Crippen molar-refractivity contribution in [2.24, 2.45) is 5.73 Å². The van der Waals surface area contributed by atoms with Crippen LogP contribution >= 0.6 is 0 Å². The predicted molar refractivity (Wildman–Crippen MR) is 134 cm³/mol. The number of fused-ring (bicyclic) bond motifs is 1. The molecule has 0 bridgehead atoms. The number of carboxylic acid groups (broad SMARTS) is 1. The molecule has 3 aromatic rings. The van der Waals surface area contributed by atoms with E-state index in [9.17, 15) is 24.6 Å². The van der Waals surface area contributed by atoms with Crippen molar-refractivity contribution in [3.05, 3.63) is 101 Å². The van der Waals surface area contributed by atoms with Crippen molar-refractivity contribution in [1.82, 2.24) is 10.2 Å². The number of aliphatic carboxylic acids is 1. The lowest BCUT2D eigenvalue weighted by molar-refractivity contribution is -0.146. The Morgan fingerprint density at radius 1 is 0.889 bits per heavy atom. The van der Waals surface area contributed by atoms with E-state index in [0.717, 1.165) is 22.3 Å². The molecule has 1 aliphatic heterocycles. The zero-order valence-corrected chi connectivity index (χ0v) is 19.7. The van der Waals surface area contributed by atoms with Gasteiger partial charge in [-0.1, -0.05) is 66.7 Å². The second kappa shape index (κ2) is 11.0. The maximum Gasteiger partial charge on any atom is 0.326 e. The van der Waals surface area contributed by atoms with Crippen molar-refractivity contribution in [2.75, 3.05) is 0 Å². The lowest BCUT2D eigenvalue weighted by atomic mass is 9.92. The first-order valence-corrected chi connectivity index (χ1v) is 11.8. The van der Waals surface area contributed by atoms with Gasteiger partial charge >= 0.3 is 5.97 Å². The second-order valence-electron chi connectivity index (χ2n) is 9.02. The van der Waals surface area contributed by atoms with Gasteiger partial charge in [0.15, 0.2) is 0 Å². The maximum absolute atomic E-state index is 13.5. The highest BCUT2D eigenvalue weighted by Gasteiger charge is 2.37. The summed E-state index contributed by atoms with van der Waals surface area (Å²) in [6.07, 6.45) is 0.619. The molecule has 5 N–H and O–H groups in total. The number of phenolic OH excluding ortho intramolecular Hbond substituents is 1. The number of nitrogens with one attached hydrogen (secondary N) is 1. The van der Waals surface area contributed by atoms with Gasteiger partial charge in [-0.3, -0.25) is 9.59 Å². The number of rotatable bonds is 8. The molecule has 0 spiro atoms. The molecule has 1 heterocycles. The van der Waals surface area contributed by atoms with Gasteiger partial charge in [0, 0.05) is 19.4 Å². The lowest BCUT2D eigenvalue weighted by Crippen LogP contribution is -2.58. The highest BCUT2D eigenvalue weighted by Crippen LogP contribution is 2.25. The molecular formula is C28H29N3O5. The number of aromatic hydroxyl groups is 1. The summed E-state index contributed by atoms with van der Waals surface area (Å²) in [6, 6.07) is 20.1. The van der Waals surface area contributed by atoms with E-state index in [0.29, 0.717) is 0 Å². The van der Waals surface area contributed by atoms with E-state index in [-0.39, 0.29) is 31.6 Å². The smallest absolute Gasteiger partial charge is 0.326 e. The summed E-state index contributed by atoms with van der Waals surface area (Å²) in [7, 11) is 0. The standard InChI is InChI=1S/C28H29N3O5/c29-23(14-19-10-12-22(32)13-11-19)27(34)31-17-21-9-5-4-8-20(21)16-25(31)26(33)30-24(28(35)36)15-18-6-2-1-3-7-18/h1-13,23-25,32H,14-17,29H2,(H,30,33)(H,35,36)/t23-,24-,25?/m0/s1. The van der Waals surface area contributed by atoms with E-state index in [4.69, 9.17) is 5.73 Å². The van der Waals surface area contributed by atoms with Crippen LogP contribution in [-0.4, -0.2) is 51.0 Å². The number of carbonyl (C=O) groups excluding carboxylic acids is 2. The van der Waals surface area contributed by atoms with Crippen LogP contribution in [0.2, 0.25) is 0 Å². The van der Waals surface area contributed by atoms with Gasteiger partial charge in [-0.15, -0.1) is 0 Å². The first-order chi connectivity index (χ1) is 17.3. The summed E-state index contributed by atoms with van der Waals surface area (Å²) in [5, 5.41) is 21.9. The average molecular weight is 488 g/mol. The van der Waals surface area contributed by atoms with Crippen molar-refractivity contribution < 1.29 is 24.6 Å². The molecule has 3 atom stereocenters. The zero-order valence-electron chi connectivity index (χ0n) is 19.7. The molecule has 8 nitrogen and oxygen atoms in total. The summed E-state index contributed by atoms with van der Waals surface area (Å²) < 4.78 is 0. The van der Waals surface area contributed by atoms with Crippen molar-refractivity contribution in [3.8, 4) is 5.75 Å². The maximum atomic E-state index is 13.5. The number of carbonyl (C=O) groups is 3. The number of carboxylic acids is 1. The number of nitrogens with two attached hydrogens (primary N) is 1. The van der Waals surface area contributed by atoms with Gasteiger partial charge in [0.05, 0.1) is 6.04 Å². The third-order valence-corrected chi connectivity index (χ3v) is 6.44. The number of hydrogen-bond acceptors (Lipinski definition) is 5. The summed E-state index contributed by atoms with van der Waals surface area (Å²) in [5.74, 6) is -1.96. The molecule has 0 fully saturated rings. The third kappa shape index (κ3) is 5.90. The molecular weight excluding hydrogens is 458 g/mol. The summed E-state index contributed by atoms with van der Waals surface area (Å²) in [6.45, 7) is 0.201. The SMILES string of the molecule is N[C@@H](Cc1ccc(O)cc1)C(=O)N1Cc2ccccc2CC1C(=O)N[C@@H](Cc1ccccc1)C(=O)O. The molecule has 186 valence electrons. The Labute approximate surface area is 209 Å². The van der Waals surface area contributed by atoms with Crippen LogP contribution in [0.15, 0.2) is 78.9 Å². The van der Waals surface area contributed by atoms with E-state index in [2.05, 4.69) is 5.32 Å². The highest BCUT2D eigenvalue weighted by molar-refractivity contribution is 5.92. The van der Waals surface area contributed by atoms with Crippen LogP contribution in [0, 0.1) is 0 Å². The molecule has 8 heteroatoms. The quantitative estimate of drug-likeness (QED) is 0.384. The van der Waals surface area contributed by atoms with Crippen molar-refractivity contribution in [2.45, 2.75) is 43.9 Å². The van der Waals surface area contributed by atoms with Crippen LogP contribution in [-0.2, 0) is 40.2 Å². The molecule has 36 heavy (non-hydrogen) atoms. The van der Waals surface area contributed by atoms with Crippen molar-refractivity contribution >= 4 is 17.8 Å². The molecule has 0 saturated carbocycles. The molecule has 1 aliphatic rings. The van der Waals surface area contributed by atoms with Gasteiger partial charge in [0.2, 0.25) is 11.8 Å². The van der Waals surface area contributed by atoms with Gasteiger partial charge in [0.25, 0.3) is 0 Å². The number of benzene rings is 3. The number of hydrogen-bond donors (Lipinski definition) is 4. The molecule has 0 aromatic heterocycles. The molecule has 0 radical (unpaired) electrons. The van der Waals surface area contributed by atoms with Gasteiger partial charge in [-0.2, -0.15) is 0 Å². The fourth-order valence-electron chi connectivity index (χ4n) is 4.49. The summed E-state index contributed by atoms with van der Waals surface area (Å²) in [5.41, 5.74) is 9.69. The molecule has 1 unspecified atom stereocenters. The fourth-order valence-corrected chi connectivity index (χ4v) is 4.49. The Hall–Kier alpha value is -4.17. The van der Waals surface area contributed by atoms with Gasteiger partial charge in [-0.25, -0.2) is 4.79 Å². The Morgan fingerprint density at radius 2 is 1.50 bits per heavy atom. The minimum absolute atomic E-state index is 0.117. The molecule has 4 rings (SSSR count). The van der Waals surface area contributed by atoms with Crippen molar-refractivity contribution in [1.29, 1.82) is 0 Å². The van der Waals surface area contributed by atoms with Crippen LogP contribution < -0.4 is 11.1 Å². The summed E-state index contributed by atoms with van der Waals surface area (Å²) >= 11 is 0. The monoisotopic (exact) mass is 487 g/mol. The predicted octanol–water partition coefficient (Wildman–Crippen LogP) is 2.03. The first kappa shape index (κ1) is 24.9. The number of nitrogens with zero attached hydrogens (tertiary/aromatic N) is 1. The Kier molecular flexibility index (Phi) is 7.65. The molecule has 2 amide bonds. The Balaban J connectivity index is 1.54. The Bertz CT molecular complexity index is 1230. The van der Waals surface area contributed by atoms with Crippen LogP contribution in [0.4, 0.5) is 0 Å². The van der Waals surface area contributed by atoms with E-state index >= 15 is 0 Å². The minimum Gasteiger partial charge on any atom is -0.508 e. The number of amides is 2. The number of phenols is 1. The zero-order chi connectivity index (χ0) is 25.7. The third-order valence-electron chi connectivity index (χ3n) is 6.44. The van der Waals surface area contributed by atoms with Gasteiger partial charge in [-0.05, 0) is 40.8 Å². The fraction of sp³-hybridized carbons (Fsp3) is 0.250. The van der Waals surface area contributed by atoms with E-state index < -0.39 is 35.9 Å².